The minimum Gasteiger partial charge on any atom is -0.476 e. The number of carboxylic acid groups (broad SMARTS) is 1. The summed E-state index contributed by atoms with van der Waals surface area (Å²) in [4.78, 5) is 14.7. The summed E-state index contributed by atoms with van der Waals surface area (Å²) < 4.78 is 5.32. The van der Waals surface area contributed by atoms with Gasteiger partial charge in [0.1, 0.15) is 0 Å². The van der Waals surface area contributed by atoms with Crippen LogP contribution in [0.3, 0.4) is 0 Å². The molecule has 0 unspecified atom stereocenters. The van der Waals surface area contributed by atoms with E-state index in [2.05, 4.69) is 17.2 Å². The Balaban J connectivity index is 1.90. The van der Waals surface area contributed by atoms with Gasteiger partial charge in [0.2, 0.25) is 5.01 Å². The Bertz CT molecular complexity index is 399. The maximum absolute atomic E-state index is 10.7. The Labute approximate surface area is 104 Å². The normalized spacial score (nSPS) is 19.1. The van der Waals surface area contributed by atoms with Gasteiger partial charge >= 0.3 is 5.97 Å². The Morgan fingerprint density at radius 3 is 2.94 bits per heavy atom. The van der Waals surface area contributed by atoms with Gasteiger partial charge in [-0.25, -0.2) is 9.78 Å². The molecule has 6 heteroatoms. The molecule has 0 aliphatic carbocycles. The van der Waals surface area contributed by atoms with Crippen molar-refractivity contribution in [3.63, 3.8) is 0 Å². The van der Waals surface area contributed by atoms with E-state index in [4.69, 9.17) is 9.84 Å². The standard InChI is InChI=1S/C11H16N2O3S/c1-11(2-4-16-5-3-11)12-6-8-7-17-9(13-8)10(14)15/h7,12H,2-6H2,1H3,(H,14,15). The van der Waals surface area contributed by atoms with Crippen LogP contribution < -0.4 is 5.32 Å². The number of nitrogens with one attached hydrogen (secondary N) is 1. The van der Waals surface area contributed by atoms with Crippen LogP contribution in [0.4, 0.5) is 0 Å². The topological polar surface area (TPSA) is 71.5 Å². The second kappa shape index (κ2) is 5.12. The fourth-order valence-electron chi connectivity index (χ4n) is 1.79. The molecule has 17 heavy (non-hydrogen) atoms. The van der Waals surface area contributed by atoms with Gasteiger partial charge in [0.25, 0.3) is 0 Å². The number of thiazole rings is 1. The molecule has 2 heterocycles. The quantitative estimate of drug-likeness (QED) is 0.854. The molecule has 1 aliphatic rings. The predicted molar refractivity (Wildman–Crippen MR) is 64.4 cm³/mol. The average molecular weight is 256 g/mol. The third-order valence-electron chi connectivity index (χ3n) is 3.03. The molecule has 0 spiro atoms. The van der Waals surface area contributed by atoms with E-state index in [1.807, 2.05) is 0 Å². The molecule has 0 amide bonds. The van der Waals surface area contributed by atoms with Crippen molar-refractivity contribution in [2.75, 3.05) is 13.2 Å². The Morgan fingerprint density at radius 1 is 1.65 bits per heavy atom. The number of aromatic carboxylic acids is 1. The highest BCUT2D eigenvalue weighted by molar-refractivity contribution is 7.11. The van der Waals surface area contributed by atoms with Crippen LogP contribution in [0.2, 0.25) is 0 Å². The second-order valence-corrected chi connectivity index (χ2v) is 5.33. The lowest BCUT2D eigenvalue weighted by Crippen LogP contribution is -2.46. The monoisotopic (exact) mass is 256 g/mol. The van der Waals surface area contributed by atoms with E-state index in [-0.39, 0.29) is 10.5 Å². The maximum atomic E-state index is 10.7. The number of rotatable bonds is 4. The van der Waals surface area contributed by atoms with Gasteiger partial charge in [-0.3, -0.25) is 0 Å². The van der Waals surface area contributed by atoms with Gasteiger partial charge in [-0.15, -0.1) is 11.3 Å². The number of ether oxygens (including phenoxy) is 1. The highest BCUT2D eigenvalue weighted by Gasteiger charge is 2.26. The van der Waals surface area contributed by atoms with Crippen molar-refractivity contribution in [3.05, 3.63) is 16.1 Å². The molecule has 1 aromatic heterocycles. The highest BCUT2D eigenvalue weighted by Crippen LogP contribution is 2.20. The van der Waals surface area contributed by atoms with Gasteiger partial charge in [-0.2, -0.15) is 0 Å². The van der Waals surface area contributed by atoms with E-state index in [0.29, 0.717) is 6.54 Å². The van der Waals surface area contributed by atoms with E-state index >= 15 is 0 Å². The Morgan fingerprint density at radius 2 is 2.35 bits per heavy atom. The van der Waals surface area contributed by atoms with Gasteiger partial charge in [0.05, 0.1) is 5.69 Å². The van der Waals surface area contributed by atoms with E-state index in [0.717, 1.165) is 31.7 Å². The molecule has 2 rings (SSSR count). The van der Waals surface area contributed by atoms with Gasteiger partial charge in [0.15, 0.2) is 0 Å². The highest BCUT2D eigenvalue weighted by atomic mass is 32.1. The molecule has 94 valence electrons. The smallest absolute Gasteiger partial charge is 0.365 e. The lowest BCUT2D eigenvalue weighted by atomic mass is 9.92. The Kier molecular flexibility index (Phi) is 3.76. The summed E-state index contributed by atoms with van der Waals surface area (Å²) in [6.45, 7) is 4.34. The van der Waals surface area contributed by atoms with Gasteiger partial charge < -0.3 is 15.2 Å². The van der Waals surface area contributed by atoms with Crippen molar-refractivity contribution in [1.82, 2.24) is 10.3 Å². The van der Waals surface area contributed by atoms with Crippen molar-refractivity contribution < 1.29 is 14.6 Å². The van der Waals surface area contributed by atoms with E-state index in [9.17, 15) is 4.79 Å². The molecule has 0 radical (unpaired) electrons. The first kappa shape index (κ1) is 12.5. The van der Waals surface area contributed by atoms with Crippen LogP contribution in [0.25, 0.3) is 0 Å². The van der Waals surface area contributed by atoms with Crippen LogP contribution in [-0.4, -0.2) is 34.8 Å². The van der Waals surface area contributed by atoms with Crippen molar-refractivity contribution in [3.8, 4) is 0 Å². The minimum absolute atomic E-state index is 0.0747. The van der Waals surface area contributed by atoms with Crippen molar-refractivity contribution >= 4 is 17.3 Å². The SMILES string of the molecule is CC1(NCc2csc(C(=O)O)n2)CCOCC1. The predicted octanol–water partition coefficient (Wildman–Crippen LogP) is 1.50. The molecule has 0 aromatic carbocycles. The zero-order valence-corrected chi connectivity index (χ0v) is 10.5. The Hall–Kier alpha value is -0.980. The van der Waals surface area contributed by atoms with Crippen molar-refractivity contribution in [2.24, 2.45) is 0 Å². The summed E-state index contributed by atoms with van der Waals surface area (Å²) in [6, 6.07) is 0. The molecule has 5 nitrogen and oxygen atoms in total. The minimum atomic E-state index is -0.960. The number of nitrogens with zero attached hydrogens (tertiary/aromatic N) is 1. The molecular weight excluding hydrogens is 240 g/mol. The number of carboxylic acids is 1. The molecule has 1 saturated heterocycles. The molecule has 0 saturated carbocycles. The molecule has 1 aromatic rings. The van der Waals surface area contributed by atoms with Crippen LogP contribution in [0.5, 0.6) is 0 Å². The fraction of sp³-hybridized carbons (Fsp3) is 0.636. The average Bonchev–Trinajstić information content (AvgIpc) is 2.76. The number of hydrogen-bond acceptors (Lipinski definition) is 5. The zero-order chi connectivity index (χ0) is 12.3. The number of aromatic nitrogens is 1. The first-order chi connectivity index (χ1) is 8.09. The van der Waals surface area contributed by atoms with Crippen LogP contribution in [-0.2, 0) is 11.3 Å². The van der Waals surface area contributed by atoms with E-state index in [1.165, 1.54) is 11.3 Å². The van der Waals surface area contributed by atoms with Crippen molar-refractivity contribution in [2.45, 2.75) is 31.8 Å². The van der Waals surface area contributed by atoms with Crippen LogP contribution in [0.1, 0.15) is 35.3 Å². The second-order valence-electron chi connectivity index (χ2n) is 4.48. The van der Waals surface area contributed by atoms with Crippen LogP contribution >= 0.6 is 11.3 Å². The van der Waals surface area contributed by atoms with E-state index in [1.54, 1.807) is 5.38 Å². The summed E-state index contributed by atoms with van der Waals surface area (Å²) in [7, 11) is 0. The van der Waals surface area contributed by atoms with E-state index < -0.39 is 5.97 Å². The summed E-state index contributed by atoms with van der Waals surface area (Å²) in [5.74, 6) is -0.960. The molecule has 0 bridgehead atoms. The summed E-state index contributed by atoms with van der Waals surface area (Å²) in [5.41, 5.74) is 0.866. The summed E-state index contributed by atoms with van der Waals surface area (Å²) in [6.07, 6.45) is 1.95. The fourth-order valence-corrected chi connectivity index (χ4v) is 2.44. The molecule has 1 aliphatic heterocycles. The molecule has 1 fully saturated rings. The molecule has 0 atom stereocenters. The van der Waals surface area contributed by atoms with Gasteiger partial charge in [0, 0.05) is 30.7 Å². The molecule has 2 N–H and O–H groups in total. The third kappa shape index (κ3) is 3.24. The van der Waals surface area contributed by atoms with Crippen LogP contribution in [0.15, 0.2) is 5.38 Å². The lowest BCUT2D eigenvalue weighted by molar-refractivity contribution is 0.0445. The van der Waals surface area contributed by atoms with Crippen molar-refractivity contribution in [1.29, 1.82) is 0 Å². The summed E-state index contributed by atoms with van der Waals surface area (Å²) >= 11 is 1.17. The van der Waals surface area contributed by atoms with Gasteiger partial charge in [-0.1, -0.05) is 0 Å². The largest absolute Gasteiger partial charge is 0.476 e. The first-order valence-electron chi connectivity index (χ1n) is 5.60. The number of hydrogen-bond donors (Lipinski definition) is 2. The van der Waals surface area contributed by atoms with Crippen LogP contribution in [0, 0.1) is 0 Å². The van der Waals surface area contributed by atoms with Gasteiger partial charge in [-0.05, 0) is 19.8 Å². The first-order valence-corrected chi connectivity index (χ1v) is 6.47. The zero-order valence-electron chi connectivity index (χ0n) is 9.73. The lowest BCUT2D eigenvalue weighted by Gasteiger charge is -2.34. The maximum Gasteiger partial charge on any atom is 0.365 e. The third-order valence-corrected chi connectivity index (χ3v) is 3.91. The molecular formula is C11H16N2O3S. The number of carbonyl (C=O) groups is 1. The summed E-state index contributed by atoms with van der Waals surface area (Å²) in [5, 5.41) is 14.2.